The summed E-state index contributed by atoms with van der Waals surface area (Å²) in [6, 6.07) is 1.59. The van der Waals surface area contributed by atoms with E-state index in [-0.39, 0.29) is 6.04 Å². The Balaban J connectivity index is 2.96. The molecule has 1 rings (SSSR count). The summed E-state index contributed by atoms with van der Waals surface area (Å²) in [4.78, 5) is 4.04. The van der Waals surface area contributed by atoms with Crippen molar-refractivity contribution in [3.05, 3.63) is 15.8 Å². The summed E-state index contributed by atoms with van der Waals surface area (Å²) in [5.41, 5.74) is 5.60. The van der Waals surface area contributed by atoms with Crippen LogP contribution in [0.25, 0.3) is 0 Å². The van der Waals surface area contributed by atoms with E-state index in [2.05, 4.69) is 18.6 Å². The van der Waals surface area contributed by atoms with Crippen molar-refractivity contribution < 1.29 is 8.42 Å². The van der Waals surface area contributed by atoms with Gasteiger partial charge in [0.15, 0.2) is 0 Å². The van der Waals surface area contributed by atoms with E-state index in [9.17, 15) is 8.42 Å². The number of likely N-dealkylation sites (N-methyl/N-ethyl adjacent to an activating group) is 1. The Morgan fingerprint density at radius 3 is 2.43 bits per heavy atom. The van der Waals surface area contributed by atoms with Crippen LogP contribution in [0.1, 0.15) is 30.0 Å². The summed E-state index contributed by atoms with van der Waals surface area (Å²) in [5, 5.41) is 0. The lowest BCUT2D eigenvalue weighted by Crippen LogP contribution is -2.42. The van der Waals surface area contributed by atoms with Crippen LogP contribution in [0, 0.1) is 12.8 Å². The molecule has 0 amide bonds. The van der Waals surface area contributed by atoms with Crippen LogP contribution in [0.5, 0.6) is 0 Å². The lowest BCUT2D eigenvalue weighted by atomic mass is 10.0. The van der Waals surface area contributed by atoms with Crippen molar-refractivity contribution in [1.82, 2.24) is 9.62 Å². The molecule has 5 nitrogen and oxygen atoms in total. The quantitative estimate of drug-likeness (QED) is 0.760. The van der Waals surface area contributed by atoms with Crippen molar-refractivity contribution in [1.29, 1.82) is 0 Å². The minimum Gasteiger partial charge on any atom is -0.326 e. The van der Waals surface area contributed by atoms with Crippen LogP contribution < -0.4 is 10.5 Å². The Kier molecular flexibility index (Phi) is 6.80. The first-order chi connectivity index (χ1) is 9.65. The number of nitrogens with zero attached hydrogens (tertiary/aromatic N) is 1. The molecule has 0 fully saturated rings. The first-order valence-corrected chi connectivity index (χ1v) is 9.42. The Labute approximate surface area is 132 Å². The highest BCUT2D eigenvalue weighted by Gasteiger charge is 2.24. The summed E-state index contributed by atoms with van der Waals surface area (Å²) >= 11 is 1.44. The van der Waals surface area contributed by atoms with Crippen LogP contribution >= 0.6 is 11.3 Å². The van der Waals surface area contributed by atoms with Crippen molar-refractivity contribution >= 4 is 21.4 Å². The van der Waals surface area contributed by atoms with Gasteiger partial charge in [0.25, 0.3) is 0 Å². The first-order valence-electron chi connectivity index (χ1n) is 7.12. The lowest BCUT2D eigenvalue weighted by Gasteiger charge is -2.23. The van der Waals surface area contributed by atoms with Crippen molar-refractivity contribution in [2.45, 2.75) is 44.7 Å². The molecule has 1 atom stereocenters. The zero-order valence-electron chi connectivity index (χ0n) is 13.5. The van der Waals surface area contributed by atoms with Gasteiger partial charge in [-0.1, -0.05) is 13.8 Å². The van der Waals surface area contributed by atoms with Crippen LogP contribution in [0.15, 0.2) is 11.0 Å². The van der Waals surface area contributed by atoms with Crippen LogP contribution in [-0.2, 0) is 16.6 Å². The van der Waals surface area contributed by atoms with E-state index in [1.54, 1.807) is 6.07 Å². The van der Waals surface area contributed by atoms with E-state index in [1.807, 2.05) is 25.9 Å². The normalized spacial score (nSPS) is 14.1. The highest BCUT2D eigenvalue weighted by molar-refractivity contribution is 7.89. The van der Waals surface area contributed by atoms with Gasteiger partial charge in [-0.2, -0.15) is 0 Å². The van der Waals surface area contributed by atoms with Crippen LogP contribution in [-0.4, -0.2) is 40.0 Å². The van der Waals surface area contributed by atoms with Crippen molar-refractivity contribution in [2.75, 3.05) is 20.6 Å². The van der Waals surface area contributed by atoms with Gasteiger partial charge in [0.1, 0.15) is 0 Å². The maximum Gasteiger partial charge on any atom is 0.241 e. The average molecular weight is 334 g/mol. The van der Waals surface area contributed by atoms with E-state index in [0.717, 1.165) is 16.2 Å². The second-order valence-electron chi connectivity index (χ2n) is 6.05. The summed E-state index contributed by atoms with van der Waals surface area (Å²) in [6.45, 7) is 7.07. The van der Waals surface area contributed by atoms with Crippen LogP contribution in [0.4, 0.5) is 0 Å². The summed E-state index contributed by atoms with van der Waals surface area (Å²) in [6.07, 6.45) is 0.810. The van der Waals surface area contributed by atoms with Gasteiger partial charge >= 0.3 is 0 Å². The minimum atomic E-state index is -3.49. The molecule has 0 aromatic carbocycles. The van der Waals surface area contributed by atoms with Crippen molar-refractivity contribution in [3.8, 4) is 0 Å². The standard InChI is InChI=1S/C14H27N3O2S2/c1-10(2)6-12(9-17(4)5)16-21(18,19)14-7-13(8-15)20-11(14)3/h7,10,12,16H,6,8-9,15H2,1-5H3. The molecule has 1 aromatic rings. The molecule has 21 heavy (non-hydrogen) atoms. The number of nitrogens with two attached hydrogens (primary N) is 1. The maximum atomic E-state index is 12.6. The molecule has 0 saturated carbocycles. The fourth-order valence-electron chi connectivity index (χ4n) is 2.34. The van der Waals surface area contributed by atoms with Crippen LogP contribution in [0.3, 0.4) is 0 Å². The van der Waals surface area contributed by atoms with Crippen molar-refractivity contribution in [2.24, 2.45) is 11.7 Å². The fraction of sp³-hybridized carbons (Fsp3) is 0.714. The van der Waals surface area contributed by atoms with E-state index >= 15 is 0 Å². The molecule has 0 bridgehead atoms. The minimum absolute atomic E-state index is 0.0920. The number of sulfonamides is 1. The third-order valence-electron chi connectivity index (χ3n) is 3.08. The van der Waals surface area contributed by atoms with Crippen molar-refractivity contribution in [3.63, 3.8) is 0 Å². The van der Waals surface area contributed by atoms with Gasteiger partial charge in [-0.15, -0.1) is 11.3 Å². The molecule has 0 aliphatic carbocycles. The SMILES string of the molecule is Cc1sc(CN)cc1S(=O)(=O)NC(CC(C)C)CN(C)C. The second kappa shape index (κ2) is 7.69. The molecule has 1 unspecified atom stereocenters. The lowest BCUT2D eigenvalue weighted by molar-refractivity contribution is 0.329. The fourth-order valence-corrected chi connectivity index (χ4v) is 5.10. The van der Waals surface area contributed by atoms with Gasteiger partial charge in [-0.25, -0.2) is 13.1 Å². The van der Waals surface area contributed by atoms with E-state index in [4.69, 9.17) is 5.73 Å². The number of aryl methyl sites for hydroxylation is 1. The smallest absolute Gasteiger partial charge is 0.241 e. The van der Waals surface area contributed by atoms with Gasteiger partial charge in [-0.05, 0) is 39.4 Å². The number of thiophene rings is 1. The zero-order chi connectivity index (χ0) is 16.2. The molecule has 0 radical (unpaired) electrons. The van der Waals surface area contributed by atoms with E-state index < -0.39 is 10.0 Å². The van der Waals surface area contributed by atoms with Gasteiger partial charge in [0, 0.05) is 28.9 Å². The molecular formula is C14H27N3O2S2. The summed E-state index contributed by atoms with van der Waals surface area (Å²) < 4.78 is 28.0. The summed E-state index contributed by atoms with van der Waals surface area (Å²) in [5.74, 6) is 0.431. The Hall–Kier alpha value is -0.470. The second-order valence-corrected chi connectivity index (χ2v) is 9.07. The van der Waals surface area contributed by atoms with E-state index in [0.29, 0.717) is 23.9 Å². The van der Waals surface area contributed by atoms with E-state index in [1.165, 1.54) is 11.3 Å². The monoisotopic (exact) mass is 333 g/mol. The molecule has 122 valence electrons. The molecule has 1 aromatic heterocycles. The molecule has 3 N–H and O–H groups in total. The average Bonchev–Trinajstić information content (AvgIpc) is 2.68. The van der Waals surface area contributed by atoms with Gasteiger partial charge in [0.05, 0.1) is 4.90 Å². The molecule has 1 heterocycles. The Bertz CT molecular complexity index is 541. The number of rotatable bonds is 8. The largest absolute Gasteiger partial charge is 0.326 e. The highest BCUT2D eigenvalue weighted by Crippen LogP contribution is 2.25. The Morgan fingerprint density at radius 2 is 2.00 bits per heavy atom. The van der Waals surface area contributed by atoms with Gasteiger partial charge in [0.2, 0.25) is 10.0 Å². The number of nitrogens with one attached hydrogen (secondary N) is 1. The predicted octanol–water partition coefficient (Wildman–Crippen LogP) is 1.77. The van der Waals surface area contributed by atoms with Gasteiger partial charge in [-0.3, -0.25) is 0 Å². The molecule has 0 aliphatic rings. The number of hydrogen-bond acceptors (Lipinski definition) is 5. The highest BCUT2D eigenvalue weighted by atomic mass is 32.2. The molecule has 0 aliphatic heterocycles. The third kappa shape index (κ3) is 5.67. The molecule has 0 spiro atoms. The van der Waals surface area contributed by atoms with Crippen LogP contribution in [0.2, 0.25) is 0 Å². The summed E-state index contributed by atoms with van der Waals surface area (Å²) in [7, 11) is 0.404. The van der Waals surface area contributed by atoms with Gasteiger partial charge < -0.3 is 10.6 Å². The molecule has 7 heteroatoms. The number of hydrogen-bond donors (Lipinski definition) is 2. The zero-order valence-corrected chi connectivity index (χ0v) is 15.1. The third-order valence-corrected chi connectivity index (χ3v) is 5.93. The predicted molar refractivity (Wildman–Crippen MR) is 89.1 cm³/mol. The topological polar surface area (TPSA) is 75.4 Å². The molecule has 0 saturated heterocycles. The Morgan fingerprint density at radius 1 is 1.38 bits per heavy atom. The maximum absolute atomic E-state index is 12.6. The first kappa shape index (κ1) is 18.6. The molecular weight excluding hydrogens is 306 g/mol.